The number of anilines is 1. The molecule has 3 atom stereocenters. The van der Waals surface area contributed by atoms with Crippen LogP contribution in [0.3, 0.4) is 0 Å². The van der Waals surface area contributed by atoms with Gasteiger partial charge in [-0.25, -0.2) is 9.07 Å². The molecule has 1 aliphatic heterocycles. The van der Waals surface area contributed by atoms with Crippen LogP contribution < -0.4 is 10.6 Å². The minimum Gasteiger partial charge on any atom is -0.369 e. The second-order valence-electron chi connectivity index (χ2n) is 11.2. The Morgan fingerprint density at radius 2 is 1.71 bits per heavy atom. The van der Waals surface area contributed by atoms with E-state index in [0.717, 1.165) is 59.9 Å². The summed E-state index contributed by atoms with van der Waals surface area (Å²) in [4.78, 5) is 29.0. The molecule has 0 spiro atoms. The second kappa shape index (κ2) is 8.51. The lowest BCUT2D eigenvalue weighted by Gasteiger charge is -2.33. The number of hydrogen-bond acceptors (Lipinski definition) is 3. The molecule has 1 aromatic heterocycles. The molecule has 3 unspecified atom stereocenters. The van der Waals surface area contributed by atoms with Crippen molar-refractivity contribution in [2.75, 3.05) is 4.90 Å². The fourth-order valence-electron chi connectivity index (χ4n) is 6.63. The van der Waals surface area contributed by atoms with Gasteiger partial charge in [0.1, 0.15) is 5.82 Å². The minimum atomic E-state index is -0.637. The average Bonchev–Trinajstić information content (AvgIpc) is 3.85. The van der Waals surface area contributed by atoms with Crippen LogP contribution in [0.4, 0.5) is 10.1 Å². The molecular formula is C31H29FN4O2. The summed E-state index contributed by atoms with van der Waals surface area (Å²) in [6.07, 6.45) is 6.34. The highest BCUT2D eigenvalue weighted by atomic mass is 19.1. The molecule has 2 heterocycles. The fraction of sp³-hybridized carbons (Fsp3) is 0.323. The maximum Gasteiger partial charge on any atom is 0.231 e. The normalized spacial score (nSPS) is 24.2. The van der Waals surface area contributed by atoms with E-state index in [-0.39, 0.29) is 35.5 Å². The Morgan fingerprint density at radius 3 is 2.37 bits per heavy atom. The van der Waals surface area contributed by atoms with Crippen LogP contribution in [0, 0.1) is 29.0 Å². The molecule has 4 aromatic rings. The molecule has 0 radical (unpaired) electrons. The number of carbonyl (C=O) groups is 2. The summed E-state index contributed by atoms with van der Waals surface area (Å²) in [5.74, 6) is -0.355. The topological polar surface area (TPSA) is 81.2 Å². The van der Waals surface area contributed by atoms with Crippen molar-refractivity contribution in [1.29, 1.82) is 0 Å². The molecule has 3 aliphatic rings. The molecule has 3 fully saturated rings. The quantitative estimate of drug-likeness (QED) is 0.355. The first-order valence-electron chi connectivity index (χ1n) is 13.4. The zero-order valence-electron chi connectivity index (χ0n) is 21.0. The predicted octanol–water partition coefficient (Wildman–Crippen LogP) is 5.55. The van der Waals surface area contributed by atoms with Crippen molar-refractivity contribution in [3.8, 4) is 5.69 Å². The molecule has 0 bridgehead atoms. The number of benzene rings is 3. The Kier molecular flexibility index (Phi) is 5.18. The Hall–Kier alpha value is -4.00. The van der Waals surface area contributed by atoms with Crippen molar-refractivity contribution in [3.05, 3.63) is 90.4 Å². The molecule has 38 heavy (non-hydrogen) atoms. The number of nitrogens with two attached hydrogens (primary N) is 1. The van der Waals surface area contributed by atoms with Crippen molar-refractivity contribution in [1.82, 2.24) is 9.78 Å². The van der Waals surface area contributed by atoms with Crippen molar-refractivity contribution < 1.29 is 14.0 Å². The zero-order valence-corrected chi connectivity index (χ0v) is 21.0. The molecule has 2 saturated carbocycles. The van der Waals surface area contributed by atoms with Gasteiger partial charge in [-0.05, 0) is 73.2 Å². The maximum atomic E-state index is 14.3. The van der Waals surface area contributed by atoms with Crippen molar-refractivity contribution >= 4 is 28.4 Å². The molecule has 2 amide bonds. The van der Waals surface area contributed by atoms with Gasteiger partial charge in [-0.1, -0.05) is 43.2 Å². The number of aromatic nitrogens is 2. The lowest BCUT2D eigenvalue weighted by atomic mass is 9.73. The highest BCUT2D eigenvalue weighted by molar-refractivity contribution is 6.02. The first-order chi connectivity index (χ1) is 18.5. The molecule has 1 saturated heterocycles. The van der Waals surface area contributed by atoms with Crippen LogP contribution in [0.15, 0.2) is 79.0 Å². The van der Waals surface area contributed by atoms with Crippen LogP contribution >= 0.6 is 0 Å². The molecule has 7 rings (SSSR count). The van der Waals surface area contributed by atoms with Gasteiger partial charge in [0, 0.05) is 22.9 Å². The van der Waals surface area contributed by atoms with Gasteiger partial charge in [0.2, 0.25) is 11.8 Å². The van der Waals surface area contributed by atoms with E-state index in [4.69, 9.17) is 5.73 Å². The van der Waals surface area contributed by atoms with E-state index in [1.54, 1.807) is 23.0 Å². The van der Waals surface area contributed by atoms with Crippen molar-refractivity contribution in [2.24, 2.45) is 28.9 Å². The Bertz CT molecular complexity index is 1540. The molecule has 2 aliphatic carbocycles. The Balaban J connectivity index is 1.35. The number of rotatable bonds is 7. The first kappa shape index (κ1) is 23.1. The minimum absolute atomic E-state index is 0.0774. The third-order valence-corrected chi connectivity index (χ3v) is 8.85. The van der Waals surface area contributed by atoms with Gasteiger partial charge in [-0.3, -0.25) is 9.59 Å². The number of carbonyl (C=O) groups excluding carboxylic acids is 2. The molecule has 6 nitrogen and oxygen atoms in total. The first-order valence-corrected chi connectivity index (χ1v) is 13.4. The molecule has 7 heteroatoms. The molecule has 2 N–H and O–H groups in total. The number of primary amides is 1. The van der Waals surface area contributed by atoms with E-state index in [9.17, 15) is 14.0 Å². The monoisotopic (exact) mass is 508 g/mol. The van der Waals surface area contributed by atoms with Gasteiger partial charge in [0.15, 0.2) is 0 Å². The van der Waals surface area contributed by atoms with E-state index >= 15 is 0 Å². The summed E-state index contributed by atoms with van der Waals surface area (Å²) in [5.41, 5.74) is 8.84. The van der Waals surface area contributed by atoms with Crippen LogP contribution in [0.5, 0.6) is 0 Å². The average molecular weight is 509 g/mol. The summed E-state index contributed by atoms with van der Waals surface area (Å²) < 4.78 is 15.2. The zero-order chi connectivity index (χ0) is 26.0. The van der Waals surface area contributed by atoms with Gasteiger partial charge >= 0.3 is 0 Å². The Labute approximate surface area is 220 Å². The maximum absolute atomic E-state index is 14.3. The number of halogens is 1. The third-order valence-electron chi connectivity index (χ3n) is 8.85. The van der Waals surface area contributed by atoms with E-state index < -0.39 is 5.41 Å². The van der Waals surface area contributed by atoms with Crippen LogP contribution in [0.25, 0.3) is 16.6 Å². The van der Waals surface area contributed by atoms with E-state index in [1.807, 2.05) is 41.3 Å². The predicted molar refractivity (Wildman–Crippen MR) is 143 cm³/mol. The van der Waals surface area contributed by atoms with Gasteiger partial charge in [0.25, 0.3) is 0 Å². The smallest absolute Gasteiger partial charge is 0.231 e. The van der Waals surface area contributed by atoms with Gasteiger partial charge < -0.3 is 10.6 Å². The highest BCUT2D eigenvalue weighted by Crippen LogP contribution is 2.64. The number of hydrogen-bond donors (Lipinski definition) is 1. The highest BCUT2D eigenvalue weighted by Gasteiger charge is 2.65. The lowest BCUT2D eigenvalue weighted by molar-refractivity contribution is -0.127. The molecular weight excluding hydrogens is 479 g/mol. The van der Waals surface area contributed by atoms with Crippen molar-refractivity contribution in [2.45, 2.75) is 38.1 Å². The fourth-order valence-corrected chi connectivity index (χ4v) is 6.63. The van der Waals surface area contributed by atoms with E-state index in [0.29, 0.717) is 5.92 Å². The standard InChI is InChI=1S/C31H29FN4O2/c32-22-8-10-23(11-9-22)36-26-13-12-24(17-21(26)18-34-36)35-28(20-4-2-1-3-5-20)27(31(14-15-31)30(33)38)25(29(35)37)16-19-6-7-19/h1-5,8-13,17-19,25,27-28H,6-7,14-16H2,(H2,33,38). The summed E-state index contributed by atoms with van der Waals surface area (Å²) in [6.45, 7) is 0. The van der Waals surface area contributed by atoms with E-state index in [1.165, 1.54) is 12.1 Å². The second-order valence-corrected chi connectivity index (χ2v) is 11.2. The summed E-state index contributed by atoms with van der Waals surface area (Å²) in [5, 5.41) is 5.42. The third kappa shape index (κ3) is 3.63. The van der Waals surface area contributed by atoms with Crippen LogP contribution in [0.2, 0.25) is 0 Å². The number of nitrogens with zero attached hydrogens (tertiary/aromatic N) is 3. The number of fused-ring (bicyclic) bond motifs is 1. The SMILES string of the molecule is NC(=O)C1(C2C(CC3CC3)C(=O)N(c3ccc4c(cnn4-c4ccc(F)cc4)c3)C2c2ccccc2)CC1. The van der Waals surface area contributed by atoms with Gasteiger partial charge in [0.05, 0.1) is 28.9 Å². The largest absolute Gasteiger partial charge is 0.369 e. The van der Waals surface area contributed by atoms with Crippen LogP contribution in [-0.4, -0.2) is 21.6 Å². The van der Waals surface area contributed by atoms with Gasteiger partial charge in [-0.2, -0.15) is 5.10 Å². The van der Waals surface area contributed by atoms with E-state index in [2.05, 4.69) is 17.2 Å². The van der Waals surface area contributed by atoms with Crippen molar-refractivity contribution in [3.63, 3.8) is 0 Å². The Morgan fingerprint density at radius 1 is 1.00 bits per heavy atom. The summed E-state index contributed by atoms with van der Waals surface area (Å²) in [7, 11) is 0. The lowest BCUT2D eigenvalue weighted by Crippen LogP contribution is -2.38. The van der Waals surface area contributed by atoms with Gasteiger partial charge in [-0.15, -0.1) is 0 Å². The van der Waals surface area contributed by atoms with Crippen LogP contribution in [0.1, 0.15) is 43.7 Å². The van der Waals surface area contributed by atoms with Crippen LogP contribution in [-0.2, 0) is 9.59 Å². The summed E-state index contributed by atoms with van der Waals surface area (Å²) >= 11 is 0. The molecule has 192 valence electrons. The summed E-state index contributed by atoms with van der Waals surface area (Å²) in [6, 6.07) is 21.9. The number of amides is 2. The molecule has 3 aromatic carbocycles.